The van der Waals surface area contributed by atoms with Gasteiger partial charge >= 0.3 is 0 Å². The number of phenolic OH excluding ortho intramolecular Hbond substituents is 1. The van der Waals surface area contributed by atoms with Crippen LogP contribution in [0, 0.1) is 6.92 Å². The third-order valence-corrected chi connectivity index (χ3v) is 4.87. The number of amides is 1. The van der Waals surface area contributed by atoms with Gasteiger partial charge in [-0.25, -0.2) is 4.68 Å². The minimum atomic E-state index is -0.334. The Morgan fingerprint density at radius 1 is 1.13 bits per heavy atom. The number of aryl methyl sites for hydroxylation is 1. The summed E-state index contributed by atoms with van der Waals surface area (Å²) in [6, 6.07) is 14.7. The first-order valence-electron chi connectivity index (χ1n) is 9.92. The van der Waals surface area contributed by atoms with E-state index in [4.69, 9.17) is 0 Å². The van der Waals surface area contributed by atoms with Crippen LogP contribution in [-0.4, -0.2) is 41.0 Å². The van der Waals surface area contributed by atoms with E-state index in [-0.39, 0.29) is 29.9 Å². The minimum absolute atomic E-state index is 0.131. The molecule has 0 atom stereocenters. The zero-order chi connectivity index (χ0) is 22.0. The van der Waals surface area contributed by atoms with Crippen LogP contribution in [-0.2, 0) is 6.67 Å². The van der Waals surface area contributed by atoms with Crippen molar-refractivity contribution in [2.75, 3.05) is 5.32 Å². The lowest BCUT2D eigenvalue weighted by molar-refractivity contribution is 0.102. The predicted molar refractivity (Wildman–Crippen MR) is 116 cm³/mol. The highest BCUT2D eigenvalue weighted by Gasteiger charge is 2.15. The standard InChI is InChI=1S/C22H23N7O2/c1-14(2)17-12-19(15(3)11-20(17)30)23-22(31)18-9-10-28(25-18)13-29-26-21(24-27-29)16-7-5-4-6-8-16/h4-12,14,30H,13H2,1-3H3,(H,23,31). The van der Waals surface area contributed by atoms with Crippen molar-refractivity contribution in [3.63, 3.8) is 0 Å². The molecule has 0 radical (unpaired) electrons. The summed E-state index contributed by atoms with van der Waals surface area (Å²) < 4.78 is 1.56. The molecule has 0 aliphatic carbocycles. The Balaban J connectivity index is 1.46. The van der Waals surface area contributed by atoms with Crippen LogP contribution >= 0.6 is 0 Å². The maximum Gasteiger partial charge on any atom is 0.276 e. The van der Waals surface area contributed by atoms with Gasteiger partial charge in [-0.05, 0) is 47.4 Å². The van der Waals surface area contributed by atoms with Crippen molar-refractivity contribution >= 4 is 11.6 Å². The Kier molecular flexibility index (Phi) is 5.48. The first-order chi connectivity index (χ1) is 14.9. The molecule has 4 aromatic rings. The number of nitrogens with zero attached hydrogens (tertiary/aromatic N) is 6. The van der Waals surface area contributed by atoms with Crippen molar-refractivity contribution in [1.29, 1.82) is 0 Å². The number of hydrogen-bond donors (Lipinski definition) is 2. The van der Waals surface area contributed by atoms with E-state index in [1.807, 2.05) is 51.1 Å². The monoisotopic (exact) mass is 417 g/mol. The molecular weight excluding hydrogens is 394 g/mol. The molecule has 31 heavy (non-hydrogen) atoms. The molecule has 2 N–H and O–H groups in total. The number of aromatic nitrogens is 6. The number of benzene rings is 2. The molecule has 9 heteroatoms. The lowest BCUT2D eigenvalue weighted by atomic mass is 9.99. The van der Waals surface area contributed by atoms with Crippen molar-refractivity contribution in [2.24, 2.45) is 0 Å². The number of tetrazole rings is 1. The topological polar surface area (TPSA) is 111 Å². The lowest BCUT2D eigenvalue weighted by Crippen LogP contribution is -2.16. The summed E-state index contributed by atoms with van der Waals surface area (Å²) in [6.45, 7) is 6.03. The summed E-state index contributed by atoms with van der Waals surface area (Å²) in [6.07, 6.45) is 1.68. The van der Waals surface area contributed by atoms with Gasteiger partial charge in [-0.1, -0.05) is 44.2 Å². The van der Waals surface area contributed by atoms with E-state index < -0.39 is 0 Å². The van der Waals surface area contributed by atoms with Crippen LogP contribution in [0.3, 0.4) is 0 Å². The fourth-order valence-corrected chi connectivity index (χ4v) is 3.19. The number of hydrogen-bond acceptors (Lipinski definition) is 6. The number of carbonyl (C=O) groups is 1. The molecule has 9 nitrogen and oxygen atoms in total. The van der Waals surface area contributed by atoms with E-state index in [2.05, 4.69) is 25.8 Å². The predicted octanol–water partition coefficient (Wildman–Crippen LogP) is 3.43. The van der Waals surface area contributed by atoms with Crippen LogP contribution in [0.5, 0.6) is 5.75 Å². The third kappa shape index (κ3) is 4.45. The number of phenols is 1. The van der Waals surface area contributed by atoms with Gasteiger partial charge < -0.3 is 10.4 Å². The quantitative estimate of drug-likeness (QED) is 0.465. The number of rotatable bonds is 6. The Labute approximate surface area is 179 Å². The van der Waals surface area contributed by atoms with Gasteiger partial charge in [0.15, 0.2) is 12.4 Å². The Morgan fingerprint density at radius 2 is 1.90 bits per heavy atom. The van der Waals surface area contributed by atoms with Gasteiger partial charge in [0.2, 0.25) is 5.82 Å². The van der Waals surface area contributed by atoms with Crippen molar-refractivity contribution < 1.29 is 9.90 Å². The molecule has 1 amide bonds. The van der Waals surface area contributed by atoms with Crippen LogP contribution in [0.25, 0.3) is 11.4 Å². The average molecular weight is 417 g/mol. The van der Waals surface area contributed by atoms with Crippen molar-refractivity contribution in [3.05, 3.63) is 71.5 Å². The second-order valence-electron chi connectivity index (χ2n) is 7.57. The Bertz CT molecular complexity index is 1210. The number of nitrogens with one attached hydrogen (secondary N) is 1. The third-order valence-electron chi connectivity index (χ3n) is 4.87. The normalized spacial score (nSPS) is 11.1. The van der Waals surface area contributed by atoms with Crippen LogP contribution in [0.2, 0.25) is 0 Å². The number of aromatic hydroxyl groups is 1. The SMILES string of the molecule is Cc1cc(O)c(C(C)C)cc1NC(=O)c1ccn(Cn2nnc(-c3ccccc3)n2)n1. The highest BCUT2D eigenvalue weighted by molar-refractivity contribution is 6.03. The van der Waals surface area contributed by atoms with Gasteiger partial charge in [0.05, 0.1) is 0 Å². The summed E-state index contributed by atoms with van der Waals surface area (Å²) in [7, 11) is 0. The largest absolute Gasteiger partial charge is 0.508 e. The van der Waals surface area contributed by atoms with Crippen LogP contribution in [0.1, 0.15) is 41.4 Å². The molecule has 0 saturated carbocycles. The van der Waals surface area contributed by atoms with E-state index >= 15 is 0 Å². The molecule has 0 aliphatic heterocycles. The van der Waals surface area contributed by atoms with E-state index in [0.717, 1.165) is 16.7 Å². The van der Waals surface area contributed by atoms with Gasteiger partial charge in [0, 0.05) is 17.4 Å². The molecule has 0 unspecified atom stereocenters. The maximum absolute atomic E-state index is 12.7. The molecule has 0 saturated heterocycles. The van der Waals surface area contributed by atoms with Gasteiger partial charge in [-0.3, -0.25) is 4.79 Å². The maximum atomic E-state index is 12.7. The molecule has 2 aromatic carbocycles. The van der Waals surface area contributed by atoms with Crippen molar-refractivity contribution in [3.8, 4) is 17.1 Å². The summed E-state index contributed by atoms with van der Waals surface area (Å²) in [5.41, 5.74) is 3.33. The summed E-state index contributed by atoms with van der Waals surface area (Å²) in [5, 5.41) is 29.8. The summed E-state index contributed by atoms with van der Waals surface area (Å²) >= 11 is 0. The zero-order valence-corrected chi connectivity index (χ0v) is 17.5. The minimum Gasteiger partial charge on any atom is -0.508 e. The molecule has 0 fully saturated rings. The fraction of sp³-hybridized carbons (Fsp3) is 0.227. The molecule has 0 spiro atoms. The average Bonchev–Trinajstić information content (AvgIpc) is 3.40. The molecule has 158 valence electrons. The van der Waals surface area contributed by atoms with Crippen molar-refractivity contribution in [2.45, 2.75) is 33.4 Å². The molecule has 0 aliphatic rings. The van der Waals surface area contributed by atoms with Gasteiger partial charge in [-0.15, -0.1) is 15.0 Å². The Hall–Kier alpha value is -4.01. The highest BCUT2D eigenvalue weighted by atomic mass is 16.3. The first kappa shape index (κ1) is 20.3. The molecule has 2 heterocycles. The molecule has 4 rings (SSSR count). The van der Waals surface area contributed by atoms with Gasteiger partial charge in [-0.2, -0.15) is 5.10 Å². The number of carbonyl (C=O) groups excluding carboxylic acids is 1. The fourth-order valence-electron chi connectivity index (χ4n) is 3.19. The zero-order valence-electron chi connectivity index (χ0n) is 17.5. The van der Waals surface area contributed by atoms with Gasteiger partial charge in [0.1, 0.15) is 5.75 Å². The highest BCUT2D eigenvalue weighted by Crippen LogP contribution is 2.31. The first-order valence-corrected chi connectivity index (χ1v) is 9.92. The molecule has 2 aromatic heterocycles. The van der Waals surface area contributed by atoms with E-state index in [1.54, 1.807) is 29.1 Å². The molecule has 0 bridgehead atoms. The lowest BCUT2D eigenvalue weighted by Gasteiger charge is -2.14. The van der Waals surface area contributed by atoms with E-state index in [0.29, 0.717) is 11.5 Å². The number of anilines is 1. The van der Waals surface area contributed by atoms with E-state index in [1.165, 1.54) is 4.80 Å². The second kappa shape index (κ2) is 8.39. The van der Waals surface area contributed by atoms with Crippen LogP contribution in [0.15, 0.2) is 54.7 Å². The van der Waals surface area contributed by atoms with Crippen LogP contribution < -0.4 is 5.32 Å². The van der Waals surface area contributed by atoms with Crippen molar-refractivity contribution in [1.82, 2.24) is 30.0 Å². The van der Waals surface area contributed by atoms with Crippen LogP contribution in [0.4, 0.5) is 5.69 Å². The summed E-state index contributed by atoms with van der Waals surface area (Å²) in [5.74, 6) is 0.546. The second-order valence-corrected chi connectivity index (χ2v) is 7.57. The summed E-state index contributed by atoms with van der Waals surface area (Å²) in [4.78, 5) is 14.1. The Morgan fingerprint density at radius 3 is 2.65 bits per heavy atom. The molecular formula is C22H23N7O2. The smallest absolute Gasteiger partial charge is 0.276 e. The van der Waals surface area contributed by atoms with E-state index in [9.17, 15) is 9.90 Å². The van der Waals surface area contributed by atoms with Gasteiger partial charge in [0.25, 0.3) is 5.91 Å².